The topological polar surface area (TPSA) is 41.6 Å². The number of carbonyl (C=O) groups is 1. The van der Waals surface area contributed by atoms with Crippen LogP contribution in [0.1, 0.15) is 38.5 Å². The number of ether oxygens (including phenoxy) is 1. The fraction of sp³-hybridized carbons (Fsp3) is 0.923. The molecule has 0 aliphatic carbocycles. The maximum atomic E-state index is 11.9. The molecule has 0 aromatic carbocycles. The Kier molecular flexibility index (Phi) is 5.26. The number of amides is 1. The highest BCUT2D eigenvalue weighted by Crippen LogP contribution is 2.11. The highest BCUT2D eigenvalue weighted by atomic mass is 16.5. The molecule has 1 atom stereocenters. The molecule has 2 saturated heterocycles. The minimum Gasteiger partial charge on any atom is -0.377 e. The lowest BCUT2D eigenvalue weighted by Gasteiger charge is -2.21. The van der Waals surface area contributed by atoms with Crippen LogP contribution in [0.25, 0.3) is 0 Å². The van der Waals surface area contributed by atoms with Crippen molar-refractivity contribution >= 4 is 5.91 Å². The number of rotatable bonds is 4. The quantitative estimate of drug-likeness (QED) is 0.801. The van der Waals surface area contributed by atoms with E-state index in [1.54, 1.807) is 0 Å². The Morgan fingerprint density at radius 3 is 2.59 bits per heavy atom. The first-order valence-corrected chi connectivity index (χ1v) is 6.96. The van der Waals surface area contributed by atoms with Gasteiger partial charge in [0, 0.05) is 26.2 Å². The van der Waals surface area contributed by atoms with Crippen LogP contribution in [0, 0.1) is 0 Å². The van der Waals surface area contributed by atoms with Gasteiger partial charge < -0.3 is 15.0 Å². The van der Waals surface area contributed by atoms with Gasteiger partial charge in [0.25, 0.3) is 0 Å². The molecular weight excluding hydrogens is 216 g/mol. The zero-order chi connectivity index (χ0) is 11.9. The van der Waals surface area contributed by atoms with Crippen LogP contribution in [-0.4, -0.2) is 49.7 Å². The van der Waals surface area contributed by atoms with Crippen LogP contribution in [-0.2, 0) is 9.53 Å². The molecule has 0 aromatic heterocycles. The number of nitrogens with zero attached hydrogens (tertiary/aromatic N) is 1. The summed E-state index contributed by atoms with van der Waals surface area (Å²) in [4.78, 5) is 14.0. The lowest BCUT2D eigenvalue weighted by molar-refractivity contribution is -0.130. The third kappa shape index (κ3) is 4.28. The first kappa shape index (κ1) is 12.8. The zero-order valence-corrected chi connectivity index (χ0v) is 10.6. The normalized spacial score (nSPS) is 25.9. The first-order chi connectivity index (χ1) is 8.36. The Balaban J connectivity index is 1.61. The molecule has 1 amide bonds. The molecule has 0 radical (unpaired) electrons. The molecule has 2 rings (SSSR count). The Labute approximate surface area is 104 Å². The molecular formula is C13H24N2O2. The second-order valence-corrected chi connectivity index (χ2v) is 5.06. The van der Waals surface area contributed by atoms with Crippen LogP contribution in [0.15, 0.2) is 0 Å². The van der Waals surface area contributed by atoms with Gasteiger partial charge in [-0.15, -0.1) is 0 Å². The molecule has 2 fully saturated rings. The van der Waals surface area contributed by atoms with Crippen LogP contribution in [0.3, 0.4) is 0 Å². The largest absolute Gasteiger partial charge is 0.377 e. The van der Waals surface area contributed by atoms with Gasteiger partial charge in [0.2, 0.25) is 5.91 Å². The molecule has 0 saturated carbocycles. The molecule has 4 nitrogen and oxygen atoms in total. The fourth-order valence-corrected chi connectivity index (χ4v) is 2.58. The molecule has 17 heavy (non-hydrogen) atoms. The van der Waals surface area contributed by atoms with E-state index in [0.29, 0.717) is 12.6 Å². The summed E-state index contributed by atoms with van der Waals surface area (Å²) in [6.45, 7) is 4.06. The van der Waals surface area contributed by atoms with E-state index >= 15 is 0 Å². The predicted octanol–water partition coefficient (Wildman–Crippen LogP) is 1.16. The molecule has 2 aliphatic rings. The maximum Gasteiger partial charge on any atom is 0.236 e. The van der Waals surface area contributed by atoms with Gasteiger partial charge in [-0.25, -0.2) is 0 Å². The second-order valence-electron chi connectivity index (χ2n) is 5.06. The van der Waals surface area contributed by atoms with Gasteiger partial charge in [0.1, 0.15) is 0 Å². The summed E-state index contributed by atoms with van der Waals surface area (Å²) in [7, 11) is 0. The van der Waals surface area contributed by atoms with Crippen molar-refractivity contribution in [2.45, 2.75) is 44.6 Å². The third-order valence-corrected chi connectivity index (χ3v) is 3.63. The summed E-state index contributed by atoms with van der Waals surface area (Å²) >= 11 is 0. The van der Waals surface area contributed by atoms with Crippen LogP contribution in [0.2, 0.25) is 0 Å². The van der Waals surface area contributed by atoms with Crippen molar-refractivity contribution in [1.29, 1.82) is 0 Å². The fourth-order valence-electron chi connectivity index (χ4n) is 2.58. The van der Waals surface area contributed by atoms with Crippen molar-refractivity contribution in [1.82, 2.24) is 10.2 Å². The average molecular weight is 240 g/mol. The van der Waals surface area contributed by atoms with Crippen LogP contribution in [0.4, 0.5) is 0 Å². The van der Waals surface area contributed by atoms with Gasteiger partial charge in [-0.3, -0.25) is 4.79 Å². The summed E-state index contributed by atoms with van der Waals surface area (Å²) in [5, 5.41) is 3.23. The van der Waals surface area contributed by atoms with E-state index in [-0.39, 0.29) is 5.91 Å². The lowest BCUT2D eigenvalue weighted by atomic mass is 10.2. The van der Waals surface area contributed by atoms with Crippen molar-refractivity contribution in [3.05, 3.63) is 0 Å². The summed E-state index contributed by atoms with van der Waals surface area (Å²) in [6.07, 6.45) is 7.49. The van der Waals surface area contributed by atoms with Gasteiger partial charge in [0.15, 0.2) is 0 Å². The number of nitrogens with one attached hydrogen (secondary N) is 1. The highest BCUT2D eigenvalue weighted by Gasteiger charge is 2.17. The Morgan fingerprint density at radius 1 is 1.18 bits per heavy atom. The van der Waals surface area contributed by atoms with Gasteiger partial charge in [-0.05, 0) is 25.7 Å². The number of likely N-dealkylation sites (tertiary alicyclic amines) is 1. The predicted molar refractivity (Wildman–Crippen MR) is 66.9 cm³/mol. The average Bonchev–Trinajstić information content (AvgIpc) is 2.69. The van der Waals surface area contributed by atoms with Crippen molar-refractivity contribution in [3.63, 3.8) is 0 Å². The van der Waals surface area contributed by atoms with Gasteiger partial charge >= 0.3 is 0 Å². The SMILES string of the molecule is O=C(CNC[C@@H]1CCCO1)N1CCCCCC1. The molecule has 0 unspecified atom stereocenters. The van der Waals surface area contributed by atoms with Crippen LogP contribution < -0.4 is 5.32 Å². The van der Waals surface area contributed by atoms with E-state index in [1.807, 2.05) is 4.90 Å². The maximum absolute atomic E-state index is 11.9. The summed E-state index contributed by atoms with van der Waals surface area (Å²) < 4.78 is 5.51. The molecule has 2 aliphatic heterocycles. The Bertz CT molecular complexity index is 232. The number of hydrogen-bond donors (Lipinski definition) is 1. The number of hydrogen-bond acceptors (Lipinski definition) is 3. The molecule has 98 valence electrons. The third-order valence-electron chi connectivity index (χ3n) is 3.63. The van der Waals surface area contributed by atoms with Gasteiger partial charge in [-0.2, -0.15) is 0 Å². The van der Waals surface area contributed by atoms with Crippen molar-refractivity contribution < 1.29 is 9.53 Å². The smallest absolute Gasteiger partial charge is 0.236 e. The first-order valence-electron chi connectivity index (χ1n) is 6.96. The summed E-state index contributed by atoms with van der Waals surface area (Å²) in [5.41, 5.74) is 0. The van der Waals surface area contributed by atoms with E-state index in [2.05, 4.69) is 5.32 Å². The lowest BCUT2D eigenvalue weighted by Crippen LogP contribution is -2.40. The molecule has 0 aromatic rings. The highest BCUT2D eigenvalue weighted by molar-refractivity contribution is 5.78. The van der Waals surface area contributed by atoms with E-state index in [9.17, 15) is 4.79 Å². The zero-order valence-electron chi connectivity index (χ0n) is 10.6. The van der Waals surface area contributed by atoms with Gasteiger partial charge in [-0.1, -0.05) is 12.8 Å². The molecule has 2 heterocycles. The van der Waals surface area contributed by atoms with E-state index < -0.39 is 0 Å². The molecule has 0 bridgehead atoms. The Hall–Kier alpha value is -0.610. The minimum atomic E-state index is 0.255. The molecule has 1 N–H and O–H groups in total. The van der Waals surface area contributed by atoms with E-state index in [0.717, 1.165) is 51.9 Å². The minimum absolute atomic E-state index is 0.255. The van der Waals surface area contributed by atoms with Crippen LogP contribution in [0.5, 0.6) is 0 Å². The molecule has 4 heteroatoms. The van der Waals surface area contributed by atoms with Gasteiger partial charge in [0.05, 0.1) is 12.6 Å². The van der Waals surface area contributed by atoms with Crippen LogP contribution >= 0.6 is 0 Å². The van der Waals surface area contributed by atoms with E-state index in [4.69, 9.17) is 4.74 Å². The van der Waals surface area contributed by atoms with E-state index in [1.165, 1.54) is 12.8 Å². The summed E-state index contributed by atoms with van der Waals surface area (Å²) in [6, 6.07) is 0. The second kappa shape index (κ2) is 6.97. The monoisotopic (exact) mass is 240 g/mol. The van der Waals surface area contributed by atoms with Crippen molar-refractivity contribution in [2.75, 3.05) is 32.8 Å². The van der Waals surface area contributed by atoms with Crippen molar-refractivity contribution in [3.8, 4) is 0 Å². The Morgan fingerprint density at radius 2 is 1.94 bits per heavy atom. The van der Waals surface area contributed by atoms with Crippen molar-refractivity contribution in [2.24, 2.45) is 0 Å². The molecule has 0 spiro atoms. The standard InChI is InChI=1S/C13H24N2O2/c16-13(15-7-3-1-2-4-8-15)11-14-10-12-6-5-9-17-12/h12,14H,1-11H2/t12-/m0/s1. The summed E-state index contributed by atoms with van der Waals surface area (Å²) in [5.74, 6) is 0.255. The number of carbonyl (C=O) groups excluding carboxylic acids is 1.